The zero-order valence-corrected chi connectivity index (χ0v) is 8.48. The van der Waals surface area contributed by atoms with Crippen LogP contribution in [0.25, 0.3) is 0 Å². The molecule has 0 aliphatic heterocycles. The molecule has 0 radical (unpaired) electrons. The molecule has 0 unspecified atom stereocenters. The molecule has 0 aliphatic rings. The van der Waals surface area contributed by atoms with Crippen LogP contribution in [-0.2, 0) is 11.3 Å². The number of ether oxygens (including phenoxy) is 1. The van der Waals surface area contributed by atoms with Crippen LogP contribution in [0.3, 0.4) is 0 Å². The Morgan fingerprint density at radius 3 is 2.62 bits per heavy atom. The molecule has 1 N–H and O–H groups in total. The summed E-state index contributed by atoms with van der Waals surface area (Å²) in [5, 5.41) is 9.53. The maximum Gasteiger partial charge on any atom is 0.0718 e. The predicted octanol–water partition coefficient (Wildman–Crippen LogP) is 2.50. The number of benzene rings is 1. The van der Waals surface area contributed by atoms with Crippen LogP contribution in [0.4, 0.5) is 0 Å². The lowest BCUT2D eigenvalue weighted by Gasteiger charge is -2.03. The molecule has 0 spiro atoms. The van der Waals surface area contributed by atoms with Crippen LogP contribution in [0.5, 0.6) is 0 Å². The molecular formula is C9H10Cl2O2. The van der Waals surface area contributed by atoms with Gasteiger partial charge in [0.15, 0.2) is 0 Å². The van der Waals surface area contributed by atoms with Crippen molar-refractivity contribution in [2.24, 2.45) is 0 Å². The Balaban J connectivity index is 2.53. The first-order valence-electron chi connectivity index (χ1n) is 3.86. The third-order valence-electron chi connectivity index (χ3n) is 1.49. The molecule has 0 fully saturated rings. The molecule has 13 heavy (non-hydrogen) atoms. The number of hydrogen-bond donors (Lipinski definition) is 1. The molecule has 0 amide bonds. The number of aliphatic hydroxyl groups excluding tert-OH is 1. The van der Waals surface area contributed by atoms with Crippen LogP contribution in [0.1, 0.15) is 5.56 Å². The second-order valence-electron chi connectivity index (χ2n) is 2.52. The van der Waals surface area contributed by atoms with Gasteiger partial charge in [-0.15, -0.1) is 0 Å². The van der Waals surface area contributed by atoms with E-state index in [2.05, 4.69) is 0 Å². The highest BCUT2D eigenvalue weighted by atomic mass is 35.5. The highest BCUT2D eigenvalue weighted by Crippen LogP contribution is 2.22. The first-order chi connectivity index (χ1) is 6.24. The van der Waals surface area contributed by atoms with Gasteiger partial charge in [0.2, 0.25) is 0 Å². The van der Waals surface area contributed by atoms with Gasteiger partial charge in [-0.3, -0.25) is 0 Å². The standard InChI is InChI=1S/C9H10Cl2O2/c10-8-2-1-7(5-9(8)11)6-13-4-3-12/h1-2,5,12H,3-4,6H2. The summed E-state index contributed by atoms with van der Waals surface area (Å²) in [5.74, 6) is 0. The minimum atomic E-state index is 0.0291. The lowest BCUT2D eigenvalue weighted by atomic mass is 10.2. The quantitative estimate of drug-likeness (QED) is 0.791. The Morgan fingerprint density at radius 2 is 2.00 bits per heavy atom. The highest BCUT2D eigenvalue weighted by molar-refractivity contribution is 6.41. The molecule has 1 rings (SSSR count). The molecule has 4 heteroatoms. The van der Waals surface area contributed by atoms with Gasteiger partial charge >= 0.3 is 0 Å². The van der Waals surface area contributed by atoms with E-state index in [9.17, 15) is 0 Å². The van der Waals surface area contributed by atoms with Gasteiger partial charge < -0.3 is 9.84 Å². The van der Waals surface area contributed by atoms with Crippen LogP contribution in [0.15, 0.2) is 18.2 Å². The molecule has 72 valence electrons. The fourth-order valence-corrected chi connectivity index (χ4v) is 1.20. The Hall–Kier alpha value is -0.280. The first kappa shape index (κ1) is 10.8. The summed E-state index contributed by atoms with van der Waals surface area (Å²) in [6.07, 6.45) is 0. The van der Waals surface area contributed by atoms with Crippen molar-refractivity contribution in [3.8, 4) is 0 Å². The van der Waals surface area contributed by atoms with Crippen molar-refractivity contribution in [1.82, 2.24) is 0 Å². The van der Waals surface area contributed by atoms with Crippen molar-refractivity contribution in [2.75, 3.05) is 13.2 Å². The largest absolute Gasteiger partial charge is 0.394 e. The molecule has 1 aromatic carbocycles. The second kappa shape index (κ2) is 5.45. The summed E-state index contributed by atoms with van der Waals surface area (Å²) in [7, 11) is 0. The van der Waals surface area contributed by atoms with Crippen molar-refractivity contribution in [3.63, 3.8) is 0 Å². The number of halogens is 2. The predicted molar refractivity (Wildman–Crippen MR) is 53.2 cm³/mol. The molecule has 0 saturated carbocycles. The zero-order valence-electron chi connectivity index (χ0n) is 6.96. The van der Waals surface area contributed by atoms with E-state index in [-0.39, 0.29) is 6.61 Å². The van der Waals surface area contributed by atoms with Gasteiger partial charge in [0.05, 0.1) is 29.9 Å². The van der Waals surface area contributed by atoms with Crippen molar-refractivity contribution in [2.45, 2.75) is 6.61 Å². The van der Waals surface area contributed by atoms with E-state index in [1.807, 2.05) is 6.07 Å². The SMILES string of the molecule is OCCOCc1ccc(Cl)c(Cl)c1. The summed E-state index contributed by atoms with van der Waals surface area (Å²) in [5.41, 5.74) is 0.947. The average molecular weight is 221 g/mol. The Labute approximate surface area is 87.0 Å². The van der Waals surface area contributed by atoms with E-state index in [4.69, 9.17) is 33.0 Å². The van der Waals surface area contributed by atoms with E-state index >= 15 is 0 Å². The summed E-state index contributed by atoms with van der Waals surface area (Å²) >= 11 is 11.5. The summed E-state index contributed by atoms with van der Waals surface area (Å²) in [6.45, 7) is 0.805. The van der Waals surface area contributed by atoms with E-state index in [0.29, 0.717) is 23.3 Å². The van der Waals surface area contributed by atoms with Crippen LogP contribution < -0.4 is 0 Å². The van der Waals surface area contributed by atoms with Crippen molar-refractivity contribution < 1.29 is 9.84 Å². The molecule has 0 aliphatic carbocycles. The molecule has 0 bridgehead atoms. The molecule has 1 aromatic rings. The molecule has 0 aromatic heterocycles. The monoisotopic (exact) mass is 220 g/mol. The van der Waals surface area contributed by atoms with Crippen molar-refractivity contribution >= 4 is 23.2 Å². The number of rotatable bonds is 4. The molecule has 0 atom stereocenters. The van der Waals surface area contributed by atoms with Gasteiger partial charge in [-0.25, -0.2) is 0 Å². The van der Waals surface area contributed by atoms with Gasteiger partial charge in [-0.1, -0.05) is 29.3 Å². The van der Waals surface area contributed by atoms with Crippen LogP contribution >= 0.6 is 23.2 Å². The topological polar surface area (TPSA) is 29.5 Å². The summed E-state index contributed by atoms with van der Waals surface area (Å²) < 4.78 is 5.11. The smallest absolute Gasteiger partial charge is 0.0718 e. The lowest BCUT2D eigenvalue weighted by Crippen LogP contribution is -1.99. The summed E-state index contributed by atoms with van der Waals surface area (Å²) in [6, 6.07) is 5.31. The van der Waals surface area contributed by atoms with Crippen LogP contribution in [-0.4, -0.2) is 18.3 Å². The van der Waals surface area contributed by atoms with Gasteiger partial charge in [0.25, 0.3) is 0 Å². The Bertz CT molecular complexity index is 276. The van der Waals surface area contributed by atoms with E-state index < -0.39 is 0 Å². The minimum Gasteiger partial charge on any atom is -0.394 e. The molecular weight excluding hydrogens is 211 g/mol. The van der Waals surface area contributed by atoms with Gasteiger partial charge in [0, 0.05) is 0 Å². The lowest BCUT2D eigenvalue weighted by molar-refractivity contribution is 0.0815. The normalized spacial score (nSPS) is 10.4. The van der Waals surface area contributed by atoms with Gasteiger partial charge in [-0.05, 0) is 17.7 Å². The second-order valence-corrected chi connectivity index (χ2v) is 3.34. The van der Waals surface area contributed by atoms with Gasteiger partial charge in [-0.2, -0.15) is 0 Å². The van der Waals surface area contributed by atoms with Crippen LogP contribution in [0.2, 0.25) is 10.0 Å². The number of aliphatic hydroxyl groups is 1. The maximum absolute atomic E-state index is 8.47. The minimum absolute atomic E-state index is 0.0291. The number of hydrogen-bond acceptors (Lipinski definition) is 2. The average Bonchev–Trinajstić information content (AvgIpc) is 2.12. The van der Waals surface area contributed by atoms with E-state index in [1.165, 1.54) is 0 Å². The maximum atomic E-state index is 8.47. The fraction of sp³-hybridized carbons (Fsp3) is 0.333. The van der Waals surface area contributed by atoms with E-state index in [0.717, 1.165) is 5.56 Å². The molecule has 0 saturated heterocycles. The highest BCUT2D eigenvalue weighted by Gasteiger charge is 1.98. The third-order valence-corrected chi connectivity index (χ3v) is 2.23. The third kappa shape index (κ3) is 3.53. The zero-order chi connectivity index (χ0) is 9.68. The van der Waals surface area contributed by atoms with Gasteiger partial charge in [0.1, 0.15) is 0 Å². The summed E-state index contributed by atoms with van der Waals surface area (Å²) in [4.78, 5) is 0. The first-order valence-corrected chi connectivity index (χ1v) is 4.62. The Kier molecular flexibility index (Phi) is 4.53. The van der Waals surface area contributed by atoms with E-state index in [1.54, 1.807) is 12.1 Å². The fourth-order valence-electron chi connectivity index (χ4n) is 0.884. The van der Waals surface area contributed by atoms with Crippen molar-refractivity contribution in [1.29, 1.82) is 0 Å². The molecule has 2 nitrogen and oxygen atoms in total. The van der Waals surface area contributed by atoms with Crippen LogP contribution in [0, 0.1) is 0 Å². The Morgan fingerprint density at radius 1 is 1.23 bits per heavy atom. The molecule has 0 heterocycles. The van der Waals surface area contributed by atoms with Crippen molar-refractivity contribution in [3.05, 3.63) is 33.8 Å².